The first-order valence-corrected chi connectivity index (χ1v) is 7.36. The van der Waals surface area contributed by atoms with Crippen molar-refractivity contribution in [3.63, 3.8) is 0 Å². The second kappa shape index (κ2) is 6.33. The molecule has 0 heterocycles. The summed E-state index contributed by atoms with van der Waals surface area (Å²) in [5.74, 6) is 0.923. The van der Waals surface area contributed by atoms with Crippen molar-refractivity contribution in [2.24, 2.45) is 5.73 Å². The molecule has 4 heteroatoms. The van der Waals surface area contributed by atoms with Gasteiger partial charge in [0, 0.05) is 16.5 Å². The monoisotopic (exact) mass is 291 g/mol. The van der Waals surface area contributed by atoms with Crippen molar-refractivity contribution in [2.75, 3.05) is 5.75 Å². The second-order valence-electron chi connectivity index (χ2n) is 5.10. The summed E-state index contributed by atoms with van der Waals surface area (Å²) in [4.78, 5) is 0. The third-order valence-electron chi connectivity index (χ3n) is 2.24. The highest BCUT2D eigenvalue weighted by atomic mass is 35.5. The van der Waals surface area contributed by atoms with Crippen LogP contribution in [-0.4, -0.2) is 16.5 Å². The Hall–Kier alpha value is 0.110. The molecule has 0 bridgehead atoms. The maximum absolute atomic E-state index is 6.13. The van der Waals surface area contributed by atoms with Gasteiger partial charge in [0.25, 0.3) is 0 Å². The smallest absolute Gasteiger partial charge is 0.0624 e. The summed E-state index contributed by atoms with van der Waals surface area (Å²) < 4.78 is 0.246. The fraction of sp³-hybridized carbons (Fsp3) is 0.538. The van der Waals surface area contributed by atoms with Gasteiger partial charge in [0.2, 0.25) is 0 Å². The molecule has 1 unspecified atom stereocenters. The number of hydrogen-bond donors (Lipinski definition) is 1. The van der Waals surface area contributed by atoms with E-state index in [0.29, 0.717) is 10.0 Å². The average Bonchev–Trinajstić information content (AvgIpc) is 2.21. The van der Waals surface area contributed by atoms with Gasteiger partial charge in [0.15, 0.2) is 0 Å². The molecule has 0 spiro atoms. The fourth-order valence-electron chi connectivity index (χ4n) is 1.40. The maximum Gasteiger partial charge on any atom is 0.0624 e. The van der Waals surface area contributed by atoms with E-state index in [0.717, 1.165) is 17.7 Å². The third-order valence-corrected chi connectivity index (χ3v) is 4.56. The zero-order valence-electron chi connectivity index (χ0n) is 10.5. The number of rotatable bonds is 4. The van der Waals surface area contributed by atoms with Crippen molar-refractivity contribution in [2.45, 2.75) is 38.0 Å². The topological polar surface area (TPSA) is 26.0 Å². The first kappa shape index (κ1) is 15.2. The van der Waals surface area contributed by atoms with Crippen LogP contribution in [0.5, 0.6) is 0 Å². The van der Waals surface area contributed by atoms with E-state index in [9.17, 15) is 0 Å². The summed E-state index contributed by atoms with van der Waals surface area (Å²) in [5.41, 5.74) is 7.14. The lowest BCUT2D eigenvalue weighted by Gasteiger charge is -2.21. The largest absolute Gasteiger partial charge is 0.327 e. The van der Waals surface area contributed by atoms with E-state index in [1.165, 1.54) is 0 Å². The van der Waals surface area contributed by atoms with E-state index in [4.69, 9.17) is 28.9 Å². The number of hydrogen-bond acceptors (Lipinski definition) is 2. The molecular formula is C13H19Cl2NS. The van der Waals surface area contributed by atoms with E-state index in [2.05, 4.69) is 20.8 Å². The van der Waals surface area contributed by atoms with Gasteiger partial charge in [-0.05, 0) is 18.1 Å². The Bertz CT molecular complexity index is 374. The lowest BCUT2D eigenvalue weighted by molar-refractivity contribution is 0.734. The van der Waals surface area contributed by atoms with Gasteiger partial charge in [-0.2, -0.15) is 11.8 Å². The highest BCUT2D eigenvalue weighted by molar-refractivity contribution is 8.00. The van der Waals surface area contributed by atoms with Crippen molar-refractivity contribution in [3.8, 4) is 0 Å². The average molecular weight is 292 g/mol. The first-order chi connectivity index (χ1) is 7.79. The van der Waals surface area contributed by atoms with Crippen LogP contribution in [0.4, 0.5) is 0 Å². The lowest BCUT2D eigenvalue weighted by Crippen LogP contribution is -2.28. The second-order valence-corrected chi connectivity index (χ2v) is 7.73. The van der Waals surface area contributed by atoms with Crippen LogP contribution in [0.25, 0.3) is 0 Å². The Morgan fingerprint density at radius 2 is 1.94 bits per heavy atom. The molecule has 0 amide bonds. The lowest BCUT2D eigenvalue weighted by atomic mass is 10.1. The normalized spacial score (nSPS) is 13.8. The Kier molecular flexibility index (Phi) is 5.65. The van der Waals surface area contributed by atoms with Crippen molar-refractivity contribution in [1.82, 2.24) is 0 Å². The Balaban J connectivity index is 2.56. The van der Waals surface area contributed by atoms with Gasteiger partial charge < -0.3 is 5.73 Å². The number of benzene rings is 1. The van der Waals surface area contributed by atoms with Crippen LogP contribution < -0.4 is 5.73 Å². The molecule has 17 heavy (non-hydrogen) atoms. The van der Waals surface area contributed by atoms with Gasteiger partial charge in [-0.1, -0.05) is 56.1 Å². The third kappa shape index (κ3) is 5.52. The van der Waals surface area contributed by atoms with Crippen LogP contribution in [-0.2, 0) is 6.42 Å². The molecule has 2 N–H and O–H groups in total. The number of nitrogens with two attached hydrogens (primary N) is 1. The molecule has 0 aromatic heterocycles. The van der Waals surface area contributed by atoms with Crippen LogP contribution >= 0.6 is 35.0 Å². The predicted molar refractivity (Wildman–Crippen MR) is 80.4 cm³/mol. The van der Waals surface area contributed by atoms with Crippen molar-refractivity contribution in [1.29, 1.82) is 0 Å². The van der Waals surface area contributed by atoms with Gasteiger partial charge in [-0.25, -0.2) is 0 Å². The molecule has 0 fully saturated rings. The van der Waals surface area contributed by atoms with Crippen LogP contribution in [0.1, 0.15) is 26.3 Å². The zero-order chi connectivity index (χ0) is 13.1. The quantitative estimate of drug-likeness (QED) is 0.890. The number of halogens is 2. The fourth-order valence-corrected chi connectivity index (χ4v) is 2.63. The molecule has 0 aliphatic heterocycles. The molecule has 1 nitrogen and oxygen atoms in total. The van der Waals surface area contributed by atoms with Crippen LogP contribution in [0.2, 0.25) is 10.0 Å². The summed E-state index contributed by atoms with van der Waals surface area (Å²) in [6.07, 6.45) is 0.766. The molecule has 0 saturated heterocycles. The predicted octanol–water partition coefficient (Wildman–Crippen LogP) is 4.39. The van der Waals surface area contributed by atoms with Gasteiger partial charge >= 0.3 is 0 Å². The standard InChI is InChI=1S/C13H19Cl2NS/c1-13(2,3)17-8-10(16)7-9-5-4-6-11(14)12(9)15/h4-6,10H,7-8,16H2,1-3H3. The van der Waals surface area contributed by atoms with E-state index in [1.807, 2.05) is 23.9 Å². The highest BCUT2D eigenvalue weighted by Crippen LogP contribution is 2.28. The van der Waals surface area contributed by atoms with Gasteiger partial charge in [0.1, 0.15) is 0 Å². The summed E-state index contributed by atoms with van der Waals surface area (Å²) in [6.45, 7) is 6.57. The van der Waals surface area contributed by atoms with E-state index in [-0.39, 0.29) is 10.8 Å². The Morgan fingerprint density at radius 3 is 2.53 bits per heavy atom. The minimum Gasteiger partial charge on any atom is -0.327 e. The molecule has 0 aliphatic rings. The molecule has 96 valence electrons. The van der Waals surface area contributed by atoms with Crippen LogP contribution in [0, 0.1) is 0 Å². The van der Waals surface area contributed by atoms with Gasteiger partial charge in [-0.3, -0.25) is 0 Å². The Morgan fingerprint density at radius 1 is 1.29 bits per heavy atom. The minimum atomic E-state index is 0.107. The highest BCUT2D eigenvalue weighted by Gasteiger charge is 2.15. The zero-order valence-corrected chi connectivity index (χ0v) is 12.8. The van der Waals surface area contributed by atoms with E-state index in [1.54, 1.807) is 6.07 Å². The van der Waals surface area contributed by atoms with Crippen LogP contribution in [0.15, 0.2) is 18.2 Å². The van der Waals surface area contributed by atoms with Crippen molar-refractivity contribution in [3.05, 3.63) is 33.8 Å². The molecular weight excluding hydrogens is 273 g/mol. The molecule has 1 rings (SSSR count). The van der Waals surface area contributed by atoms with Gasteiger partial charge in [-0.15, -0.1) is 0 Å². The summed E-state index contributed by atoms with van der Waals surface area (Å²) in [7, 11) is 0. The van der Waals surface area contributed by atoms with Crippen molar-refractivity contribution >= 4 is 35.0 Å². The van der Waals surface area contributed by atoms with E-state index < -0.39 is 0 Å². The van der Waals surface area contributed by atoms with Gasteiger partial charge in [0.05, 0.1) is 10.0 Å². The molecule has 1 aromatic rings. The molecule has 0 saturated carbocycles. The van der Waals surface area contributed by atoms with Crippen molar-refractivity contribution < 1.29 is 0 Å². The van der Waals surface area contributed by atoms with E-state index >= 15 is 0 Å². The summed E-state index contributed by atoms with van der Waals surface area (Å²) in [6, 6.07) is 5.79. The molecule has 0 aliphatic carbocycles. The number of thioether (sulfide) groups is 1. The summed E-state index contributed by atoms with van der Waals surface area (Å²) in [5, 5.41) is 1.23. The van der Waals surface area contributed by atoms with Crippen LogP contribution in [0.3, 0.4) is 0 Å². The first-order valence-electron chi connectivity index (χ1n) is 5.62. The molecule has 0 radical (unpaired) electrons. The molecule has 1 aromatic carbocycles. The maximum atomic E-state index is 6.13. The Labute approximate surface area is 118 Å². The minimum absolute atomic E-state index is 0.107. The molecule has 1 atom stereocenters. The summed E-state index contributed by atoms with van der Waals surface area (Å²) >= 11 is 14.0. The SMILES string of the molecule is CC(C)(C)SCC(N)Cc1cccc(Cl)c1Cl.